The topological polar surface area (TPSA) is 65.3 Å². The zero-order chi connectivity index (χ0) is 16.8. The van der Waals surface area contributed by atoms with Gasteiger partial charge in [-0.25, -0.2) is 0 Å². The number of hydrogen-bond donors (Lipinski definition) is 2. The lowest BCUT2D eigenvalue weighted by Crippen LogP contribution is -2.51. The van der Waals surface area contributed by atoms with Crippen molar-refractivity contribution < 1.29 is 9.84 Å². The predicted octanol–water partition coefficient (Wildman–Crippen LogP) is 2.97. The first-order valence-corrected chi connectivity index (χ1v) is 8.33. The first kappa shape index (κ1) is 16.5. The fourth-order valence-electron chi connectivity index (χ4n) is 3.05. The number of nitrogens with zero attached hydrogens (tertiary/aromatic N) is 1. The van der Waals surface area contributed by atoms with E-state index in [1.807, 2.05) is 6.07 Å². The van der Waals surface area contributed by atoms with E-state index in [-0.39, 0.29) is 12.1 Å². The lowest BCUT2D eigenvalue weighted by atomic mass is 9.72. The Labute approximate surface area is 142 Å². The zero-order valence-electron chi connectivity index (χ0n) is 13.6. The molecule has 0 radical (unpaired) electrons. The second-order valence-electron chi connectivity index (χ2n) is 6.28. The summed E-state index contributed by atoms with van der Waals surface area (Å²) in [6.07, 6.45) is 2.82. The lowest BCUT2D eigenvalue weighted by Gasteiger charge is -2.44. The number of rotatable bonds is 7. The second-order valence-corrected chi connectivity index (χ2v) is 6.28. The van der Waals surface area contributed by atoms with E-state index >= 15 is 0 Å². The van der Waals surface area contributed by atoms with Gasteiger partial charge in [0.2, 0.25) is 0 Å². The molecule has 2 aromatic carbocycles. The van der Waals surface area contributed by atoms with Gasteiger partial charge in [-0.15, -0.1) is 0 Å². The van der Waals surface area contributed by atoms with Crippen LogP contribution in [-0.4, -0.2) is 24.4 Å². The van der Waals surface area contributed by atoms with Crippen LogP contribution in [0.1, 0.15) is 30.4 Å². The van der Waals surface area contributed by atoms with Gasteiger partial charge in [-0.3, -0.25) is 0 Å². The Morgan fingerprint density at radius 3 is 2.42 bits per heavy atom. The molecule has 0 saturated heterocycles. The number of benzene rings is 2. The van der Waals surface area contributed by atoms with Crippen molar-refractivity contribution in [1.29, 1.82) is 5.26 Å². The third-order valence-electron chi connectivity index (χ3n) is 4.64. The van der Waals surface area contributed by atoms with E-state index in [4.69, 9.17) is 10.00 Å². The number of ether oxygens (including phenoxy) is 1. The molecule has 0 amide bonds. The zero-order valence-corrected chi connectivity index (χ0v) is 13.6. The van der Waals surface area contributed by atoms with Crippen LogP contribution in [0.25, 0.3) is 0 Å². The highest BCUT2D eigenvalue weighted by atomic mass is 16.5. The molecular formula is C20H22N2O2. The number of aliphatic hydroxyl groups excluding tert-OH is 1. The minimum Gasteiger partial charge on any atom is -0.491 e. The molecule has 1 unspecified atom stereocenters. The van der Waals surface area contributed by atoms with Crippen molar-refractivity contribution in [1.82, 2.24) is 5.32 Å². The highest BCUT2D eigenvalue weighted by Crippen LogP contribution is 2.41. The second kappa shape index (κ2) is 7.48. The van der Waals surface area contributed by atoms with Crippen LogP contribution in [0.4, 0.5) is 0 Å². The SMILES string of the molecule is N#Cc1ccc(OCC(O)CNC2(c3ccccc3)CCC2)cc1. The summed E-state index contributed by atoms with van der Waals surface area (Å²) < 4.78 is 5.59. The summed E-state index contributed by atoms with van der Waals surface area (Å²) in [7, 11) is 0. The molecule has 1 aliphatic carbocycles. The van der Waals surface area contributed by atoms with Crippen molar-refractivity contribution in [2.75, 3.05) is 13.2 Å². The molecule has 0 bridgehead atoms. The minimum absolute atomic E-state index is 0.00329. The molecule has 124 valence electrons. The van der Waals surface area contributed by atoms with Crippen LogP contribution >= 0.6 is 0 Å². The van der Waals surface area contributed by atoms with Crippen LogP contribution in [0.2, 0.25) is 0 Å². The van der Waals surface area contributed by atoms with E-state index in [2.05, 4.69) is 35.7 Å². The number of aliphatic hydroxyl groups is 1. The van der Waals surface area contributed by atoms with Gasteiger partial charge in [0.05, 0.1) is 11.6 Å². The van der Waals surface area contributed by atoms with Gasteiger partial charge < -0.3 is 15.2 Å². The van der Waals surface area contributed by atoms with Gasteiger partial charge in [-0.2, -0.15) is 5.26 Å². The molecule has 2 aromatic rings. The maximum absolute atomic E-state index is 10.2. The smallest absolute Gasteiger partial charge is 0.119 e. The van der Waals surface area contributed by atoms with Crippen molar-refractivity contribution in [2.45, 2.75) is 30.9 Å². The Morgan fingerprint density at radius 2 is 1.83 bits per heavy atom. The Hall–Kier alpha value is -2.35. The monoisotopic (exact) mass is 322 g/mol. The summed E-state index contributed by atoms with van der Waals surface area (Å²) in [6, 6.07) is 19.4. The molecule has 2 N–H and O–H groups in total. The minimum atomic E-state index is -0.582. The highest BCUT2D eigenvalue weighted by Gasteiger charge is 2.38. The molecule has 0 aliphatic heterocycles. The van der Waals surface area contributed by atoms with Crippen LogP contribution in [0.3, 0.4) is 0 Å². The largest absolute Gasteiger partial charge is 0.491 e. The number of hydrogen-bond acceptors (Lipinski definition) is 4. The molecule has 0 aromatic heterocycles. The predicted molar refractivity (Wildman–Crippen MR) is 92.6 cm³/mol. The van der Waals surface area contributed by atoms with Gasteiger partial charge >= 0.3 is 0 Å². The molecule has 0 heterocycles. The molecule has 24 heavy (non-hydrogen) atoms. The van der Waals surface area contributed by atoms with Gasteiger partial charge in [0, 0.05) is 12.1 Å². The molecule has 1 aliphatic rings. The molecule has 4 nitrogen and oxygen atoms in total. The maximum atomic E-state index is 10.2. The lowest BCUT2D eigenvalue weighted by molar-refractivity contribution is 0.0818. The van der Waals surface area contributed by atoms with E-state index in [1.165, 1.54) is 12.0 Å². The van der Waals surface area contributed by atoms with E-state index in [0.29, 0.717) is 17.9 Å². The van der Waals surface area contributed by atoms with Gasteiger partial charge in [-0.05, 0) is 49.1 Å². The number of nitrogens with one attached hydrogen (secondary N) is 1. The highest BCUT2D eigenvalue weighted by molar-refractivity contribution is 5.34. The first-order chi connectivity index (χ1) is 11.7. The van der Waals surface area contributed by atoms with Crippen molar-refractivity contribution in [3.63, 3.8) is 0 Å². The molecule has 4 heteroatoms. The van der Waals surface area contributed by atoms with Gasteiger partial charge in [-0.1, -0.05) is 30.3 Å². The molecule has 1 atom stereocenters. The fourth-order valence-corrected chi connectivity index (χ4v) is 3.05. The van der Waals surface area contributed by atoms with Crippen molar-refractivity contribution >= 4 is 0 Å². The fraction of sp³-hybridized carbons (Fsp3) is 0.350. The summed E-state index contributed by atoms with van der Waals surface area (Å²) in [4.78, 5) is 0. The Morgan fingerprint density at radius 1 is 1.12 bits per heavy atom. The average Bonchev–Trinajstić information content (AvgIpc) is 2.60. The Bertz CT molecular complexity index is 688. The molecule has 1 saturated carbocycles. The van der Waals surface area contributed by atoms with E-state index in [9.17, 15) is 5.11 Å². The molecule has 0 spiro atoms. The summed E-state index contributed by atoms with van der Waals surface area (Å²) in [6.45, 7) is 0.717. The van der Waals surface area contributed by atoms with Crippen molar-refractivity contribution in [2.24, 2.45) is 0 Å². The number of nitriles is 1. The van der Waals surface area contributed by atoms with E-state index < -0.39 is 6.10 Å². The quantitative estimate of drug-likeness (QED) is 0.822. The summed E-state index contributed by atoms with van der Waals surface area (Å²) in [5, 5.41) is 22.5. The summed E-state index contributed by atoms with van der Waals surface area (Å²) in [5.41, 5.74) is 1.88. The Kier molecular flexibility index (Phi) is 5.14. The standard InChI is InChI=1S/C20H22N2O2/c21-13-16-7-9-19(10-8-16)24-15-18(23)14-22-20(11-4-12-20)17-5-2-1-3-6-17/h1-3,5-10,18,22-23H,4,11-12,14-15H2. The maximum Gasteiger partial charge on any atom is 0.119 e. The van der Waals surface area contributed by atoms with E-state index in [1.54, 1.807) is 24.3 Å². The van der Waals surface area contributed by atoms with Crippen LogP contribution in [0.5, 0.6) is 5.75 Å². The van der Waals surface area contributed by atoms with Crippen molar-refractivity contribution in [3.05, 3.63) is 65.7 Å². The van der Waals surface area contributed by atoms with Crippen LogP contribution in [0, 0.1) is 11.3 Å². The Balaban J connectivity index is 1.50. The summed E-state index contributed by atoms with van der Waals surface area (Å²) >= 11 is 0. The van der Waals surface area contributed by atoms with Crippen molar-refractivity contribution in [3.8, 4) is 11.8 Å². The molecule has 1 fully saturated rings. The van der Waals surface area contributed by atoms with Gasteiger partial charge in [0.25, 0.3) is 0 Å². The third-order valence-corrected chi connectivity index (χ3v) is 4.64. The third kappa shape index (κ3) is 3.76. The van der Waals surface area contributed by atoms with Crippen LogP contribution in [-0.2, 0) is 5.54 Å². The average molecular weight is 322 g/mol. The summed E-state index contributed by atoms with van der Waals surface area (Å²) in [5.74, 6) is 0.662. The molecular weight excluding hydrogens is 300 g/mol. The molecule has 3 rings (SSSR count). The van der Waals surface area contributed by atoms with Gasteiger partial charge in [0.1, 0.15) is 18.5 Å². The van der Waals surface area contributed by atoms with Crippen LogP contribution in [0.15, 0.2) is 54.6 Å². The van der Waals surface area contributed by atoms with E-state index in [0.717, 1.165) is 12.8 Å². The first-order valence-electron chi connectivity index (χ1n) is 8.33. The van der Waals surface area contributed by atoms with Crippen LogP contribution < -0.4 is 10.1 Å². The van der Waals surface area contributed by atoms with Gasteiger partial charge in [0.15, 0.2) is 0 Å². The normalized spacial score (nSPS) is 16.7.